The van der Waals surface area contributed by atoms with Gasteiger partial charge in [-0.2, -0.15) is 0 Å². The molecule has 0 unspecified atom stereocenters. The Hall–Kier alpha value is -3.91. The second-order valence-corrected chi connectivity index (χ2v) is 10.6. The van der Waals surface area contributed by atoms with Crippen molar-refractivity contribution < 1.29 is 9.53 Å². The SMILES string of the molecule is COc1cc(C)[nH]c(=O)c1CNC(=O)c1c(C)n([C@H](C)C2CCN(Cc3cccnc3)CC2)c2ccccc12. The van der Waals surface area contributed by atoms with E-state index in [1.807, 2.05) is 43.6 Å². The van der Waals surface area contributed by atoms with E-state index in [9.17, 15) is 9.59 Å². The lowest BCUT2D eigenvalue weighted by atomic mass is 9.89. The van der Waals surface area contributed by atoms with Gasteiger partial charge in [-0.05, 0) is 76.4 Å². The molecule has 4 heterocycles. The maximum Gasteiger partial charge on any atom is 0.256 e. The molecule has 1 aliphatic heterocycles. The Morgan fingerprint density at radius 2 is 1.95 bits per heavy atom. The zero-order chi connectivity index (χ0) is 27.5. The molecule has 0 spiro atoms. The summed E-state index contributed by atoms with van der Waals surface area (Å²) in [7, 11) is 1.53. The van der Waals surface area contributed by atoms with Crippen LogP contribution >= 0.6 is 0 Å². The van der Waals surface area contributed by atoms with Crippen molar-refractivity contribution in [2.75, 3.05) is 20.2 Å². The lowest BCUT2D eigenvalue weighted by Crippen LogP contribution is -2.36. The van der Waals surface area contributed by atoms with Crippen molar-refractivity contribution in [1.82, 2.24) is 24.8 Å². The summed E-state index contributed by atoms with van der Waals surface area (Å²) in [6.45, 7) is 9.21. The number of amides is 1. The van der Waals surface area contributed by atoms with Gasteiger partial charge < -0.3 is 19.6 Å². The molecule has 1 atom stereocenters. The molecule has 0 saturated carbocycles. The molecule has 1 aliphatic rings. The highest BCUT2D eigenvalue weighted by Gasteiger charge is 2.29. The Labute approximate surface area is 229 Å². The summed E-state index contributed by atoms with van der Waals surface area (Å²) < 4.78 is 7.74. The largest absolute Gasteiger partial charge is 0.496 e. The van der Waals surface area contributed by atoms with Gasteiger partial charge in [0.2, 0.25) is 0 Å². The predicted octanol–water partition coefficient (Wildman–Crippen LogP) is 4.75. The summed E-state index contributed by atoms with van der Waals surface area (Å²) in [6.07, 6.45) is 5.96. The molecule has 0 bridgehead atoms. The van der Waals surface area contributed by atoms with Crippen molar-refractivity contribution in [1.29, 1.82) is 0 Å². The number of carbonyl (C=O) groups is 1. The standard InChI is InChI=1S/C31H37N5O3/c1-20-16-28(39-4)26(30(37)34-20)18-33-31(38)29-22(3)36(27-10-6-5-9-25(27)29)21(2)24-11-14-35(15-12-24)19-23-8-7-13-32-17-23/h5-10,13,16-17,21,24H,11-12,14-15,18-19H2,1-4H3,(H,33,38)(H,34,37)/t21-/m1/s1. The molecule has 1 saturated heterocycles. The lowest BCUT2D eigenvalue weighted by molar-refractivity contribution is 0.0951. The highest BCUT2D eigenvalue weighted by Crippen LogP contribution is 2.36. The number of nitrogens with one attached hydrogen (secondary N) is 2. The average molecular weight is 528 g/mol. The van der Waals surface area contributed by atoms with Crippen LogP contribution < -0.4 is 15.6 Å². The number of hydrogen-bond acceptors (Lipinski definition) is 5. The highest BCUT2D eigenvalue weighted by atomic mass is 16.5. The first kappa shape index (κ1) is 26.7. The number of pyridine rings is 2. The van der Waals surface area contributed by atoms with Crippen LogP contribution in [0.15, 0.2) is 59.7 Å². The molecular formula is C31H37N5O3. The molecule has 204 valence electrons. The van der Waals surface area contributed by atoms with E-state index in [2.05, 4.69) is 43.8 Å². The van der Waals surface area contributed by atoms with Gasteiger partial charge in [0.1, 0.15) is 5.75 Å². The normalized spacial score (nSPS) is 15.4. The number of H-pyrrole nitrogens is 1. The van der Waals surface area contributed by atoms with E-state index in [-0.39, 0.29) is 24.1 Å². The number of benzene rings is 1. The van der Waals surface area contributed by atoms with Crippen molar-refractivity contribution >= 4 is 16.8 Å². The Morgan fingerprint density at radius 1 is 1.18 bits per heavy atom. The Kier molecular flexibility index (Phi) is 7.84. The summed E-state index contributed by atoms with van der Waals surface area (Å²) in [6, 6.07) is 14.2. The van der Waals surface area contributed by atoms with Crippen molar-refractivity contribution in [3.05, 3.63) is 93.3 Å². The zero-order valence-electron chi connectivity index (χ0n) is 23.2. The van der Waals surface area contributed by atoms with Gasteiger partial charge in [-0.25, -0.2) is 0 Å². The van der Waals surface area contributed by atoms with Crippen LogP contribution in [0, 0.1) is 19.8 Å². The van der Waals surface area contributed by atoms with Crippen LogP contribution in [-0.4, -0.2) is 45.5 Å². The molecular weight excluding hydrogens is 490 g/mol. The van der Waals surface area contributed by atoms with Crippen molar-refractivity contribution in [3.63, 3.8) is 0 Å². The fourth-order valence-corrected chi connectivity index (χ4v) is 6.05. The summed E-state index contributed by atoms with van der Waals surface area (Å²) >= 11 is 0. The first-order chi connectivity index (χ1) is 18.9. The maximum absolute atomic E-state index is 13.6. The van der Waals surface area contributed by atoms with Crippen molar-refractivity contribution in [3.8, 4) is 5.75 Å². The second kappa shape index (κ2) is 11.5. The number of ether oxygens (including phenoxy) is 1. The van der Waals surface area contributed by atoms with Gasteiger partial charge in [0.25, 0.3) is 11.5 Å². The van der Waals surface area contributed by atoms with Crippen molar-refractivity contribution in [2.45, 2.75) is 52.7 Å². The third-order valence-electron chi connectivity index (χ3n) is 8.11. The molecule has 3 aromatic heterocycles. The molecule has 5 rings (SSSR count). The molecule has 39 heavy (non-hydrogen) atoms. The summed E-state index contributed by atoms with van der Waals surface area (Å²) in [5, 5.41) is 3.91. The number of aryl methyl sites for hydroxylation is 1. The number of nitrogens with zero attached hydrogens (tertiary/aromatic N) is 3. The molecule has 0 radical (unpaired) electrons. The number of methoxy groups -OCH3 is 1. The average Bonchev–Trinajstić information content (AvgIpc) is 3.24. The summed E-state index contributed by atoms with van der Waals surface area (Å²) in [5.41, 5.74) is 4.79. The van der Waals surface area contributed by atoms with Gasteiger partial charge in [-0.3, -0.25) is 19.5 Å². The van der Waals surface area contributed by atoms with E-state index in [4.69, 9.17) is 4.74 Å². The first-order valence-corrected chi connectivity index (χ1v) is 13.6. The van der Waals surface area contributed by atoms with E-state index < -0.39 is 0 Å². The van der Waals surface area contributed by atoms with E-state index >= 15 is 0 Å². The van der Waals surface area contributed by atoms with Crippen LogP contribution in [0.1, 0.15) is 58.7 Å². The van der Waals surface area contributed by atoms with Crippen molar-refractivity contribution in [2.24, 2.45) is 5.92 Å². The van der Waals surface area contributed by atoms with Crippen LogP contribution in [-0.2, 0) is 13.1 Å². The highest BCUT2D eigenvalue weighted by molar-refractivity contribution is 6.08. The minimum absolute atomic E-state index is 0.0848. The third-order valence-corrected chi connectivity index (χ3v) is 8.11. The monoisotopic (exact) mass is 527 g/mol. The molecule has 0 aliphatic carbocycles. The number of fused-ring (bicyclic) bond motifs is 1. The smallest absolute Gasteiger partial charge is 0.256 e. The molecule has 8 heteroatoms. The predicted molar refractivity (Wildman–Crippen MR) is 153 cm³/mol. The van der Waals surface area contributed by atoms with Gasteiger partial charge in [0, 0.05) is 47.3 Å². The van der Waals surface area contributed by atoms with E-state index in [1.165, 1.54) is 12.7 Å². The summed E-state index contributed by atoms with van der Waals surface area (Å²) in [4.78, 5) is 35.7. The lowest BCUT2D eigenvalue weighted by Gasteiger charge is -2.36. The minimum atomic E-state index is -0.255. The molecule has 4 aromatic rings. The number of hydrogen-bond donors (Lipinski definition) is 2. The molecule has 1 fully saturated rings. The number of para-hydroxylation sites is 1. The molecule has 8 nitrogen and oxygen atoms in total. The zero-order valence-corrected chi connectivity index (χ0v) is 23.2. The van der Waals surface area contributed by atoms with Crippen LogP contribution in [0.3, 0.4) is 0 Å². The summed E-state index contributed by atoms with van der Waals surface area (Å²) in [5.74, 6) is 0.790. The van der Waals surface area contributed by atoms with Gasteiger partial charge in [0.15, 0.2) is 0 Å². The quantitative estimate of drug-likeness (QED) is 0.345. The molecule has 1 aromatic carbocycles. The molecule has 1 amide bonds. The van der Waals surface area contributed by atoms with E-state index in [1.54, 1.807) is 13.0 Å². The number of aromatic amines is 1. The van der Waals surface area contributed by atoms with Gasteiger partial charge in [0.05, 0.1) is 24.8 Å². The van der Waals surface area contributed by atoms with Gasteiger partial charge in [-0.1, -0.05) is 24.3 Å². The Bertz CT molecular complexity index is 1520. The number of rotatable bonds is 8. The van der Waals surface area contributed by atoms with Crippen LogP contribution in [0.25, 0.3) is 10.9 Å². The number of aromatic nitrogens is 3. The minimum Gasteiger partial charge on any atom is -0.496 e. The fourth-order valence-electron chi connectivity index (χ4n) is 6.05. The third kappa shape index (κ3) is 5.47. The Balaban J connectivity index is 1.35. The van der Waals surface area contributed by atoms with E-state index in [0.29, 0.717) is 28.5 Å². The number of likely N-dealkylation sites (tertiary alicyclic amines) is 1. The van der Waals surface area contributed by atoms with Crippen LogP contribution in [0.4, 0.5) is 0 Å². The Morgan fingerprint density at radius 3 is 2.67 bits per heavy atom. The van der Waals surface area contributed by atoms with E-state index in [0.717, 1.165) is 49.1 Å². The second-order valence-electron chi connectivity index (χ2n) is 10.6. The van der Waals surface area contributed by atoms with Crippen LogP contribution in [0.5, 0.6) is 5.75 Å². The first-order valence-electron chi connectivity index (χ1n) is 13.6. The molecule has 2 N–H and O–H groups in total. The maximum atomic E-state index is 13.6. The van der Waals surface area contributed by atoms with Gasteiger partial charge in [-0.15, -0.1) is 0 Å². The number of piperidine rings is 1. The topological polar surface area (TPSA) is 92.2 Å². The van der Waals surface area contributed by atoms with Crippen LogP contribution in [0.2, 0.25) is 0 Å². The fraction of sp³-hybridized carbons (Fsp3) is 0.387. The van der Waals surface area contributed by atoms with Gasteiger partial charge >= 0.3 is 0 Å². The number of carbonyl (C=O) groups excluding carboxylic acids is 1.